The van der Waals surface area contributed by atoms with Crippen LogP contribution in [-0.4, -0.2) is 56.3 Å². The van der Waals surface area contributed by atoms with Gasteiger partial charge < -0.3 is 19.9 Å². The molecule has 0 unspecified atom stereocenters. The van der Waals surface area contributed by atoms with E-state index in [9.17, 15) is 14.7 Å². The first-order chi connectivity index (χ1) is 14.1. The molecule has 0 bridgehead atoms. The average Bonchev–Trinajstić information content (AvgIpc) is 3.45. The molecule has 1 aromatic heterocycles. The number of amides is 2. The molecule has 1 aromatic carbocycles. The van der Waals surface area contributed by atoms with Gasteiger partial charge in [-0.15, -0.1) is 0 Å². The molecule has 0 radical (unpaired) electrons. The van der Waals surface area contributed by atoms with Crippen LogP contribution in [0.1, 0.15) is 42.6 Å². The van der Waals surface area contributed by atoms with E-state index >= 15 is 0 Å². The maximum atomic E-state index is 13.0. The number of piperidine rings is 1. The van der Waals surface area contributed by atoms with Crippen LogP contribution in [0.3, 0.4) is 0 Å². The molecular formula is C22H26N4O3. The second-order valence-electron chi connectivity index (χ2n) is 8.50. The predicted molar refractivity (Wildman–Crippen MR) is 106 cm³/mol. The quantitative estimate of drug-likeness (QED) is 0.833. The summed E-state index contributed by atoms with van der Waals surface area (Å²) in [6, 6.07) is 6.85. The lowest BCUT2D eigenvalue weighted by atomic mass is 9.78. The molecular weight excluding hydrogens is 368 g/mol. The highest BCUT2D eigenvalue weighted by Gasteiger charge is 2.51. The van der Waals surface area contributed by atoms with E-state index in [1.54, 1.807) is 24.5 Å². The molecule has 7 heteroatoms. The molecule has 1 saturated heterocycles. The Morgan fingerprint density at radius 2 is 2.00 bits per heavy atom. The molecule has 0 atom stereocenters. The summed E-state index contributed by atoms with van der Waals surface area (Å²) < 4.78 is 0. The molecule has 1 saturated carbocycles. The van der Waals surface area contributed by atoms with Crippen molar-refractivity contribution in [1.29, 1.82) is 0 Å². The summed E-state index contributed by atoms with van der Waals surface area (Å²) in [4.78, 5) is 37.7. The Morgan fingerprint density at radius 1 is 1.21 bits per heavy atom. The van der Waals surface area contributed by atoms with Crippen molar-refractivity contribution in [2.45, 2.75) is 44.1 Å². The van der Waals surface area contributed by atoms with Crippen LogP contribution in [0.2, 0.25) is 0 Å². The second kappa shape index (κ2) is 6.90. The lowest BCUT2D eigenvalue weighted by molar-refractivity contribution is -0.145. The highest BCUT2D eigenvalue weighted by atomic mass is 16.3. The number of aromatic nitrogens is 2. The van der Waals surface area contributed by atoms with E-state index in [-0.39, 0.29) is 29.9 Å². The number of phenolic OH excluding ortho intramolecular Hbond substituents is 1. The molecule has 1 spiro atoms. The van der Waals surface area contributed by atoms with Crippen molar-refractivity contribution in [2.24, 2.45) is 5.92 Å². The Labute approximate surface area is 169 Å². The summed E-state index contributed by atoms with van der Waals surface area (Å²) in [5.41, 5.74) is 2.55. The highest BCUT2D eigenvalue weighted by Crippen LogP contribution is 2.45. The van der Waals surface area contributed by atoms with Crippen molar-refractivity contribution in [3.8, 4) is 5.75 Å². The lowest BCUT2D eigenvalue weighted by Crippen LogP contribution is -2.59. The first kappa shape index (κ1) is 18.2. The molecule has 2 amide bonds. The van der Waals surface area contributed by atoms with Gasteiger partial charge in [0.15, 0.2) is 0 Å². The van der Waals surface area contributed by atoms with Crippen molar-refractivity contribution in [1.82, 2.24) is 19.8 Å². The van der Waals surface area contributed by atoms with Gasteiger partial charge in [0.05, 0.1) is 24.0 Å². The molecule has 152 valence electrons. The van der Waals surface area contributed by atoms with Crippen molar-refractivity contribution >= 4 is 11.8 Å². The third kappa shape index (κ3) is 3.18. The molecule has 2 aliphatic heterocycles. The summed E-state index contributed by atoms with van der Waals surface area (Å²) in [5, 5.41) is 9.63. The number of H-pyrrole nitrogens is 1. The van der Waals surface area contributed by atoms with E-state index in [1.807, 2.05) is 11.0 Å². The third-order valence-corrected chi connectivity index (χ3v) is 6.66. The Morgan fingerprint density at radius 3 is 2.72 bits per heavy atom. The van der Waals surface area contributed by atoms with Gasteiger partial charge in [-0.2, -0.15) is 0 Å². The first-order valence-electron chi connectivity index (χ1n) is 10.5. The SMILES string of the molecule is O=C(Cc1cccc(O)c1)N1CCC2(CC1)c1nc[nH]c1CCN2C(=O)C1CC1. The first-order valence-corrected chi connectivity index (χ1v) is 10.5. The lowest BCUT2D eigenvalue weighted by Gasteiger charge is -2.50. The van der Waals surface area contributed by atoms with Gasteiger partial charge in [-0.05, 0) is 43.4 Å². The zero-order chi connectivity index (χ0) is 20.0. The molecule has 2 aromatic rings. The summed E-state index contributed by atoms with van der Waals surface area (Å²) in [7, 11) is 0. The van der Waals surface area contributed by atoms with Gasteiger partial charge in [0.1, 0.15) is 5.75 Å². The van der Waals surface area contributed by atoms with Crippen LogP contribution in [0.25, 0.3) is 0 Å². The van der Waals surface area contributed by atoms with Gasteiger partial charge >= 0.3 is 0 Å². The summed E-state index contributed by atoms with van der Waals surface area (Å²) in [5.74, 6) is 0.676. The van der Waals surface area contributed by atoms with Crippen LogP contribution in [0.15, 0.2) is 30.6 Å². The zero-order valence-corrected chi connectivity index (χ0v) is 16.4. The van der Waals surface area contributed by atoms with E-state index in [1.165, 1.54) is 0 Å². The Balaban J connectivity index is 1.34. The van der Waals surface area contributed by atoms with Crippen LogP contribution < -0.4 is 0 Å². The molecule has 5 rings (SSSR count). The number of rotatable bonds is 3. The largest absolute Gasteiger partial charge is 0.508 e. The fraction of sp³-hybridized carbons (Fsp3) is 0.500. The predicted octanol–water partition coefficient (Wildman–Crippen LogP) is 1.97. The van der Waals surface area contributed by atoms with Gasteiger partial charge in [-0.3, -0.25) is 9.59 Å². The number of aromatic hydroxyl groups is 1. The van der Waals surface area contributed by atoms with Gasteiger partial charge in [0.25, 0.3) is 0 Å². The number of fused-ring (bicyclic) bond motifs is 2. The Hall–Kier alpha value is -2.83. The molecule has 2 N–H and O–H groups in total. The van der Waals surface area contributed by atoms with Crippen molar-refractivity contribution in [3.63, 3.8) is 0 Å². The number of benzene rings is 1. The fourth-order valence-corrected chi connectivity index (χ4v) is 4.94. The number of aromatic amines is 1. The average molecular weight is 394 g/mol. The van der Waals surface area contributed by atoms with Crippen molar-refractivity contribution in [2.75, 3.05) is 19.6 Å². The minimum atomic E-state index is -0.394. The number of imidazole rings is 1. The van der Waals surface area contributed by atoms with E-state index in [0.29, 0.717) is 13.1 Å². The van der Waals surface area contributed by atoms with Gasteiger partial charge in [0, 0.05) is 37.7 Å². The molecule has 7 nitrogen and oxygen atoms in total. The third-order valence-electron chi connectivity index (χ3n) is 6.66. The van der Waals surface area contributed by atoms with E-state index in [2.05, 4.69) is 14.9 Å². The normalized spacial score (nSPS) is 20.6. The summed E-state index contributed by atoms with van der Waals surface area (Å²) in [6.07, 6.45) is 6.25. The Kier molecular flexibility index (Phi) is 4.33. The number of carbonyl (C=O) groups excluding carboxylic acids is 2. The van der Waals surface area contributed by atoms with Crippen LogP contribution in [-0.2, 0) is 28.0 Å². The number of hydrogen-bond donors (Lipinski definition) is 2. The molecule has 1 aliphatic carbocycles. The van der Waals surface area contributed by atoms with E-state index in [4.69, 9.17) is 0 Å². The van der Waals surface area contributed by atoms with Crippen molar-refractivity contribution in [3.05, 3.63) is 47.5 Å². The number of nitrogens with zero attached hydrogens (tertiary/aromatic N) is 3. The highest BCUT2D eigenvalue weighted by molar-refractivity contribution is 5.82. The number of hydrogen-bond acceptors (Lipinski definition) is 4. The van der Waals surface area contributed by atoms with Crippen LogP contribution >= 0.6 is 0 Å². The number of phenols is 1. The van der Waals surface area contributed by atoms with Crippen LogP contribution in [0.5, 0.6) is 5.75 Å². The van der Waals surface area contributed by atoms with E-state index < -0.39 is 5.54 Å². The number of carbonyl (C=O) groups is 2. The second-order valence-corrected chi connectivity index (χ2v) is 8.50. The van der Waals surface area contributed by atoms with Gasteiger partial charge in [0.2, 0.25) is 11.8 Å². The number of likely N-dealkylation sites (tertiary alicyclic amines) is 1. The standard InChI is InChI=1S/C22H26N4O3/c27-17-3-1-2-15(12-17)13-19(28)25-10-7-22(8-11-25)20-18(23-14-24-20)6-9-26(22)21(29)16-4-5-16/h1-3,12,14,16,27H,4-11,13H2,(H,23,24). The monoisotopic (exact) mass is 394 g/mol. The smallest absolute Gasteiger partial charge is 0.226 e. The minimum Gasteiger partial charge on any atom is -0.508 e. The van der Waals surface area contributed by atoms with Gasteiger partial charge in [-0.1, -0.05) is 12.1 Å². The van der Waals surface area contributed by atoms with Crippen molar-refractivity contribution < 1.29 is 14.7 Å². The topological polar surface area (TPSA) is 89.5 Å². The molecule has 3 heterocycles. The fourth-order valence-electron chi connectivity index (χ4n) is 4.94. The maximum Gasteiger partial charge on any atom is 0.226 e. The Bertz CT molecular complexity index is 941. The van der Waals surface area contributed by atoms with Crippen LogP contribution in [0.4, 0.5) is 0 Å². The summed E-state index contributed by atoms with van der Waals surface area (Å²) >= 11 is 0. The van der Waals surface area contributed by atoms with E-state index in [0.717, 1.165) is 55.6 Å². The van der Waals surface area contributed by atoms with Gasteiger partial charge in [-0.25, -0.2) is 4.98 Å². The summed E-state index contributed by atoms with van der Waals surface area (Å²) in [6.45, 7) is 1.94. The molecule has 3 aliphatic rings. The molecule has 2 fully saturated rings. The molecule has 29 heavy (non-hydrogen) atoms. The minimum absolute atomic E-state index is 0.0589. The maximum absolute atomic E-state index is 13.0. The number of nitrogens with one attached hydrogen (secondary N) is 1. The zero-order valence-electron chi connectivity index (χ0n) is 16.4. The van der Waals surface area contributed by atoms with Crippen LogP contribution in [0, 0.1) is 5.92 Å².